The van der Waals surface area contributed by atoms with Gasteiger partial charge in [0.05, 0.1) is 13.5 Å². The molecule has 2 N–H and O–H groups in total. The van der Waals surface area contributed by atoms with Crippen LogP contribution in [0.25, 0.3) is 0 Å². The minimum Gasteiger partial charge on any atom is -0.497 e. The maximum absolute atomic E-state index is 12.6. The van der Waals surface area contributed by atoms with E-state index in [9.17, 15) is 9.59 Å². The van der Waals surface area contributed by atoms with Gasteiger partial charge < -0.3 is 15.4 Å². The highest BCUT2D eigenvalue weighted by Gasteiger charge is 2.28. The summed E-state index contributed by atoms with van der Waals surface area (Å²) in [6.45, 7) is 0.671. The van der Waals surface area contributed by atoms with Gasteiger partial charge in [0.15, 0.2) is 0 Å². The molecule has 2 rings (SSSR count). The van der Waals surface area contributed by atoms with Crippen LogP contribution in [0.5, 0.6) is 5.75 Å². The SMILES string of the molecule is COc1ccc(CC(=O)N2CCCC[C@H]2CC(N)=O)c(Cl)c1. The molecule has 0 radical (unpaired) electrons. The highest BCUT2D eigenvalue weighted by Crippen LogP contribution is 2.25. The van der Waals surface area contributed by atoms with Crippen LogP contribution >= 0.6 is 11.6 Å². The molecule has 0 aliphatic carbocycles. The summed E-state index contributed by atoms with van der Waals surface area (Å²) in [6.07, 6.45) is 3.24. The molecule has 5 nitrogen and oxygen atoms in total. The quantitative estimate of drug-likeness (QED) is 0.902. The predicted molar refractivity (Wildman–Crippen MR) is 84.9 cm³/mol. The van der Waals surface area contributed by atoms with E-state index in [1.54, 1.807) is 30.2 Å². The number of ether oxygens (including phenoxy) is 1. The molecule has 1 aliphatic heterocycles. The first kappa shape index (κ1) is 16.6. The minimum atomic E-state index is -0.368. The van der Waals surface area contributed by atoms with Crippen molar-refractivity contribution in [3.63, 3.8) is 0 Å². The summed E-state index contributed by atoms with van der Waals surface area (Å²) in [5.74, 6) is 0.274. The number of halogens is 1. The third-order valence-electron chi connectivity index (χ3n) is 3.99. The van der Waals surface area contributed by atoms with Crippen molar-refractivity contribution in [1.82, 2.24) is 4.90 Å². The van der Waals surface area contributed by atoms with Crippen molar-refractivity contribution in [3.05, 3.63) is 28.8 Å². The third kappa shape index (κ3) is 4.13. The van der Waals surface area contributed by atoms with Crippen LogP contribution in [0.15, 0.2) is 18.2 Å². The van der Waals surface area contributed by atoms with Gasteiger partial charge in [-0.15, -0.1) is 0 Å². The summed E-state index contributed by atoms with van der Waals surface area (Å²) in [5.41, 5.74) is 6.04. The number of nitrogens with two attached hydrogens (primary N) is 1. The van der Waals surface area contributed by atoms with Gasteiger partial charge in [-0.3, -0.25) is 9.59 Å². The molecule has 1 saturated heterocycles. The van der Waals surface area contributed by atoms with Gasteiger partial charge in [-0.1, -0.05) is 17.7 Å². The van der Waals surface area contributed by atoms with E-state index in [1.807, 2.05) is 0 Å². The van der Waals surface area contributed by atoms with Crippen LogP contribution in [-0.4, -0.2) is 36.4 Å². The van der Waals surface area contributed by atoms with Gasteiger partial charge in [0.2, 0.25) is 11.8 Å². The topological polar surface area (TPSA) is 72.6 Å². The number of carbonyl (C=O) groups is 2. The van der Waals surface area contributed by atoms with Gasteiger partial charge in [0.25, 0.3) is 0 Å². The fourth-order valence-electron chi connectivity index (χ4n) is 2.84. The normalized spacial score (nSPS) is 18.1. The highest BCUT2D eigenvalue weighted by atomic mass is 35.5. The van der Waals surface area contributed by atoms with Gasteiger partial charge in [-0.25, -0.2) is 0 Å². The molecule has 0 spiro atoms. The molecule has 0 bridgehead atoms. The zero-order valence-corrected chi connectivity index (χ0v) is 13.4. The second-order valence-electron chi connectivity index (χ2n) is 5.54. The summed E-state index contributed by atoms with van der Waals surface area (Å²) >= 11 is 6.19. The fraction of sp³-hybridized carbons (Fsp3) is 0.500. The number of primary amides is 1. The third-order valence-corrected chi connectivity index (χ3v) is 4.34. The van der Waals surface area contributed by atoms with E-state index in [0.717, 1.165) is 24.8 Å². The maximum atomic E-state index is 12.6. The number of piperidine rings is 1. The Labute approximate surface area is 135 Å². The molecule has 0 unspecified atom stereocenters. The molecule has 1 aromatic carbocycles. The number of hydrogen-bond acceptors (Lipinski definition) is 3. The number of carbonyl (C=O) groups excluding carboxylic acids is 2. The van der Waals surface area contributed by atoms with Crippen molar-refractivity contribution >= 4 is 23.4 Å². The first-order chi connectivity index (χ1) is 10.5. The molecule has 6 heteroatoms. The fourth-order valence-corrected chi connectivity index (χ4v) is 3.07. The summed E-state index contributed by atoms with van der Waals surface area (Å²) in [6, 6.07) is 5.19. The van der Waals surface area contributed by atoms with Crippen molar-refractivity contribution in [2.75, 3.05) is 13.7 Å². The van der Waals surface area contributed by atoms with Gasteiger partial charge in [0, 0.05) is 24.0 Å². The van der Waals surface area contributed by atoms with Crippen molar-refractivity contribution in [1.29, 1.82) is 0 Å². The molecule has 1 atom stereocenters. The van der Waals surface area contributed by atoms with Crippen LogP contribution in [0.4, 0.5) is 0 Å². The van der Waals surface area contributed by atoms with E-state index in [-0.39, 0.29) is 30.7 Å². The number of nitrogens with zero attached hydrogens (tertiary/aromatic N) is 1. The first-order valence-corrected chi connectivity index (χ1v) is 7.79. The Hall–Kier alpha value is -1.75. The lowest BCUT2D eigenvalue weighted by Crippen LogP contribution is -2.46. The van der Waals surface area contributed by atoms with Crippen molar-refractivity contribution < 1.29 is 14.3 Å². The lowest BCUT2D eigenvalue weighted by atomic mass is 9.98. The van der Waals surface area contributed by atoms with Gasteiger partial charge in [-0.05, 0) is 37.0 Å². The van der Waals surface area contributed by atoms with Crippen molar-refractivity contribution in [3.8, 4) is 5.75 Å². The Morgan fingerprint density at radius 1 is 1.41 bits per heavy atom. The lowest BCUT2D eigenvalue weighted by molar-refractivity contribution is -0.135. The van der Waals surface area contributed by atoms with Crippen LogP contribution in [0, 0.1) is 0 Å². The molecule has 22 heavy (non-hydrogen) atoms. The lowest BCUT2D eigenvalue weighted by Gasteiger charge is -2.35. The Morgan fingerprint density at radius 2 is 2.18 bits per heavy atom. The molecular formula is C16H21ClN2O3. The molecule has 1 fully saturated rings. The van der Waals surface area contributed by atoms with Gasteiger partial charge >= 0.3 is 0 Å². The summed E-state index contributed by atoms with van der Waals surface area (Å²) < 4.78 is 5.10. The summed E-state index contributed by atoms with van der Waals surface area (Å²) in [5, 5.41) is 0.510. The van der Waals surface area contributed by atoms with Crippen LogP contribution in [0.2, 0.25) is 5.02 Å². The number of methoxy groups -OCH3 is 1. The van der Waals surface area contributed by atoms with Gasteiger partial charge in [-0.2, -0.15) is 0 Å². The zero-order chi connectivity index (χ0) is 16.1. The van der Waals surface area contributed by atoms with E-state index >= 15 is 0 Å². The second kappa shape index (κ2) is 7.49. The minimum absolute atomic E-state index is 0.0157. The van der Waals surface area contributed by atoms with Crippen LogP contribution < -0.4 is 10.5 Å². The van der Waals surface area contributed by atoms with E-state index in [4.69, 9.17) is 22.1 Å². The molecule has 2 amide bonds. The van der Waals surface area contributed by atoms with E-state index in [0.29, 0.717) is 17.3 Å². The van der Waals surface area contributed by atoms with Crippen molar-refractivity contribution in [2.24, 2.45) is 5.73 Å². The molecular weight excluding hydrogens is 304 g/mol. The average Bonchev–Trinajstić information content (AvgIpc) is 2.49. The molecule has 1 aromatic rings. The Morgan fingerprint density at radius 3 is 2.82 bits per heavy atom. The zero-order valence-electron chi connectivity index (χ0n) is 12.7. The predicted octanol–water partition coefficient (Wildman–Crippen LogP) is 2.15. The number of likely N-dealkylation sites (tertiary alicyclic amines) is 1. The number of benzene rings is 1. The average molecular weight is 325 g/mol. The molecule has 0 saturated carbocycles. The summed E-state index contributed by atoms with van der Waals surface area (Å²) in [7, 11) is 1.57. The Bertz CT molecular complexity index is 562. The molecule has 0 aromatic heterocycles. The number of amides is 2. The Balaban J connectivity index is 2.08. The monoisotopic (exact) mass is 324 g/mol. The molecule has 120 valence electrons. The van der Waals surface area contributed by atoms with Crippen LogP contribution in [0.1, 0.15) is 31.2 Å². The van der Waals surface area contributed by atoms with E-state index in [2.05, 4.69) is 0 Å². The maximum Gasteiger partial charge on any atom is 0.227 e. The van der Waals surface area contributed by atoms with Gasteiger partial charge in [0.1, 0.15) is 5.75 Å². The number of hydrogen-bond donors (Lipinski definition) is 1. The largest absolute Gasteiger partial charge is 0.497 e. The highest BCUT2D eigenvalue weighted by molar-refractivity contribution is 6.31. The number of rotatable bonds is 5. The first-order valence-electron chi connectivity index (χ1n) is 7.41. The van der Waals surface area contributed by atoms with E-state index < -0.39 is 0 Å². The van der Waals surface area contributed by atoms with Crippen LogP contribution in [-0.2, 0) is 16.0 Å². The summed E-state index contributed by atoms with van der Waals surface area (Å²) in [4.78, 5) is 25.5. The molecule has 1 aliphatic rings. The van der Waals surface area contributed by atoms with Crippen LogP contribution in [0.3, 0.4) is 0 Å². The Kier molecular flexibility index (Phi) is 5.66. The van der Waals surface area contributed by atoms with E-state index in [1.165, 1.54) is 0 Å². The second-order valence-corrected chi connectivity index (χ2v) is 5.95. The smallest absolute Gasteiger partial charge is 0.227 e. The van der Waals surface area contributed by atoms with Crippen molar-refractivity contribution in [2.45, 2.75) is 38.1 Å². The molecule has 1 heterocycles. The standard InChI is InChI=1S/C16H21ClN2O3/c1-22-13-6-5-11(14(17)10-13)8-16(21)19-7-3-2-4-12(19)9-15(18)20/h5-6,10,12H,2-4,7-9H2,1H3,(H2,18,20)/t12-/m0/s1.